The van der Waals surface area contributed by atoms with E-state index < -0.39 is 0 Å². The maximum atomic E-state index is 12.5. The Morgan fingerprint density at radius 3 is 2.14 bits per heavy atom. The summed E-state index contributed by atoms with van der Waals surface area (Å²) in [6.07, 6.45) is 0.243. The standard InChI is InChI=1S/C24H32N2O2/c1-17(2)21-9-7-8-10-22(21)25-23(28)15-16-26(18(3)27)20-13-11-19(12-14-20)24(4,5)6/h7-14,17H,15-16H2,1-6H3,(H,25,28). The second-order valence-electron chi connectivity index (χ2n) is 8.51. The van der Waals surface area contributed by atoms with Crippen LogP contribution in [0.25, 0.3) is 0 Å². The van der Waals surface area contributed by atoms with Crippen molar-refractivity contribution in [2.45, 2.75) is 59.3 Å². The first-order valence-corrected chi connectivity index (χ1v) is 9.87. The van der Waals surface area contributed by atoms with Crippen LogP contribution < -0.4 is 10.2 Å². The molecule has 0 unspecified atom stereocenters. The van der Waals surface area contributed by atoms with Crippen molar-refractivity contribution in [3.8, 4) is 0 Å². The van der Waals surface area contributed by atoms with Gasteiger partial charge in [0.2, 0.25) is 11.8 Å². The summed E-state index contributed by atoms with van der Waals surface area (Å²) in [4.78, 5) is 26.3. The molecule has 0 spiro atoms. The fourth-order valence-electron chi connectivity index (χ4n) is 3.15. The van der Waals surface area contributed by atoms with Crippen molar-refractivity contribution < 1.29 is 9.59 Å². The fraction of sp³-hybridized carbons (Fsp3) is 0.417. The van der Waals surface area contributed by atoms with Gasteiger partial charge in [-0.1, -0.05) is 65.0 Å². The molecule has 0 heterocycles. The molecule has 28 heavy (non-hydrogen) atoms. The molecule has 4 nitrogen and oxygen atoms in total. The van der Waals surface area contributed by atoms with E-state index in [-0.39, 0.29) is 23.7 Å². The van der Waals surface area contributed by atoms with Crippen LogP contribution in [0.4, 0.5) is 11.4 Å². The van der Waals surface area contributed by atoms with Gasteiger partial charge < -0.3 is 10.2 Å². The Morgan fingerprint density at radius 2 is 1.61 bits per heavy atom. The van der Waals surface area contributed by atoms with Crippen molar-refractivity contribution in [2.24, 2.45) is 0 Å². The summed E-state index contributed by atoms with van der Waals surface area (Å²) in [5.41, 5.74) is 4.03. The number of nitrogens with one attached hydrogen (secondary N) is 1. The average molecular weight is 381 g/mol. The van der Waals surface area contributed by atoms with Crippen molar-refractivity contribution in [3.05, 3.63) is 59.7 Å². The van der Waals surface area contributed by atoms with E-state index in [4.69, 9.17) is 0 Å². The molecule has 0 aromatic heterocycles. The highest BCUT2D eigenvalue weighted by molar-refractivity contribution is 5.95. The van der Waals surface area contributed by atoms with Gasteiger partial charge in [-0.15, -0.1) is 0 Å². The molecule has 0 bridgehead atoms. The molecular formula is C24H32N2O2. The van der Waals surface area contributed by atoms with Crippen LogP contribution in [0, 0.1) is 0 Å². The Balaban J connectivity index is 2.06. The summed E-state index contributed by atoms with van der Waals surface area (Å²) in [5.74, 6) is 0.163. The zero-order valence-electron chi connectivity index (χ0n) is 17.9. The van der Waals surface area contributed by atoms with Crippen molar-refractivity contribution >= 4 is 23.2 Å². The molecule has 2 aromatic rings. The lowest BCUT2D eigenvalue weighted by Crippen LogP contribution is -2.32. The number of para-hydroxylation sites is 1. The molecule has 2 amide bonds. The van der Waals surface area contributed by atoms with E-state index in [0.29, 0.717) is 12.5 Å². The van der Waals surface area contributed by atoms with E-state index in [1.165, 1.54) is 12.5 Å². The summed E-state index contributed by atoms with van der Waals surface area (Å²) in [5, 5.41) is 2.99. The number of rotatable bonds is 6. The lowest BCUT2D eigenvalue weighted by molar-refractivity contribution is -0.117. The highest BCUT2D eigenvalue weighted by Gasteiger charge is 2.17. The summed E-state index contributed by atoms with van der Waals surface area (Å²) < 4.78 is 0. The van der Waals surface area contributed by atoms with Crippen LogP contribution in [0.3, 0.4) is 0 Å². The van der Waals surface area contributed by atoms with Crippen LogP contribution >= 0.6 is 0 Å². The van der Waals surface area contributed by atoms with Gasteiger partial charge in [-0.3, -0.25) is 9.59 Å². The number of carbonyl (C=O) groups is 2. The molecule has 2 aromatic carbocycles. The molecule has 0 aliphatic carbocycles. The van der Waals surface area contributed by atoms with Gasteiger partial charge >= 0.3 is 0 Å². The quantitative estimate of drug-likeness (QED) is 0.720. The smallest absolute Gasteiger partial charge is 0.226 e. The molecule has 0 saturated carbocycles. The molecule has 0 saturated heterocycles. The van der Waals surface area contributed by atoms with Gasteiger partial charge in [-0.25, -0.2) is 0 Å². The van der Waals surface area contributed by atoms with E-state index in [2.05, 4.69) is 39.9 Å². The SMILES string of the molecule is CC(=O)N(CCC(=O)Nc1ccccc1C(C)C)c1ccc(C(C)(C)C)cc1. The highest BCUT2D eigenvalue weighted by atomic mass is 16.2. The monoisotopic (exact) mass is 380 g/mol. The second kappa shape index (κ2) is 9.05. The Bertz CT molecular complexity index is 817. The maximum absolute atomic E-state index is 12.5. The van der Waals surface area contributed by atoms with Gasteiger partial charge in [-0.2, -0.15) is 0 Å². The third-order valence-electron chi connectivity index (χ3n) is 4.84. The van der Waals surface area contributed by atoms with Crippen LogP contribution in [0.1, 0.15) is 65.0 Å². The minimum absolute atomic E-state index is 0.0588. The number of amides is 2. The largest absolute Gasteiger partial charge is 0.326 e. The Morgan fingerprint density at radius 1 is 1.00 bits per heavy atom. The molecule has 4 heteroatoms. The minimum atomic E-state index is -0.0920. The predicted octanol–water partition coefficient (Wildman–Crippen LogP) is 5.49. The molecule has 1 N–H and O–H groups in total. The lowest BCUT2D eigenvalue weighted by Gasteiger charge is -2.24. The van der Waals surface area contributed by atoms with Gasteiger partial charge in [0.15, 0.2) is 0 Å². The minimum Gasteiger partial charge on any atom is -0.326 e. The topological polar surface area (TPSA) is 49.4 Å². The van der Waals surface area contributed by atoms with Crippen LogP contribution in [-0.2, 0) is 15.0 Å². The maximum Gasteiger partial charge on any atom is 0.226 e. The van der Waals surface area contributed by atoms with Gasteiger partial charge in [0, 0.05) is 31.3 Å². The van der Waals surface area contributed by atoms with E-state index >= 15 is 0 Å². The van der Waals surface area contributed by atoms with Gasteiger partial charge in [0.1, 0.15) is 0 Å². The van der Waals surface area contributed by atoms with E-state index in [1.54, 1.807) is 4.90 Å². The number of nitrogens with zero attached hydrogens (tertiary/aromatic N) is 1. The van der Waals surface area contributed by atoms with Crippen molar-refractivity contribution in [3.63, 3.8) is 0 Å². The summed E-state index contributed by atoms with van der Waals surface area (Å²) >= 11 is 0. The van der Waals surface area contributed by atoms with E-state index in [0.717, 1.165) is 16.9 Å². The normalized spacial score (nSPS) is 11.4. The summed E-state index contributed by atoms with van der Waals surface area (Å²) in [6, 6.07) is 15.8. The second-order valence-corrected chi connectivity index (χ2v) is 8.51. The zero-order chi connectivity index (χ0) is 20.9. The lowest BCUT2D eigenvalue weighted by atomic mass is 9.87. The van der Waals surface area contributed by atoms with Gasteiger partial charge in [0.25, 0.3) is 0 Å². The highest BCUT2D eigenvalue weighted by Crippen LogP contribution is 2.26. The molecule has 0 aliphatic rings. The van der Waals surface area contributed by atoms with Crippen LogP contribution in [0.5, 0.6) is 0 Å². The molecule has 150 valence electrons. The third kappa shape index (κ3) is 5.69. The molecule has 0 aliphatic heterocycles. The van der Waals surface area contributed by atoms with E-state index in [9.17, 15) is 9.59 Å². The first-order chi connectivity index (χ1) is 13.1. The van der Waals surface area contributed by atoms with Gasteiger partial charge in [0.05, 0.1) is 0 Å². The Labute approximate surface area is 169 Å². The van der Waals surface area contributed by atoms with Crippen molar-refractivity contribution in [1.82, 2.24) is 0 Å². The van der Waals surface area contributed by atoms with E-state index in [1.807, 2.05) is 48.5 Å². The molecule has 2 rings (SSSR count). The van der Waals surface area contributed by atoms with Crippen LogP contribution in [0.15, 0.2) is 48.5 Å². The van der Waals surface area contributed by atoms with Crippen molar-refractivity contribution in [2.75, 3.05) is 16.8 Å². The zero-order valence-corrected chi connectivity index (χ0v) is 17.9. The Kier molecular flexibility index (Phi) is 7.00. The molecule has 0 radical (unpaired) electrons. The summed E-state index contributed by atoms with van der Waals surface area (Å²) in [6.45, 7) is 12.6. The first kappa shape index (κ1) is 21.7. The predicted molar refractivity (Wildman–Crippen MR) is 117 cm³/mol. The summed E-state index contributed by atoms with van der Waals surface area (Å²) in [7, 11) is 0. The van der Waals surface area contributed by atoms with Crippen molar-refractivity contribution in [1.29, 1.82) is 0 Å². The fourth-order valence-corrected chi connectivity index (χ4v) is 3.15. The average Bonchev–Trinajstić information content (AvgIpc) is 2.61. The van der Waals surface area contributed by atoms with Gasteiger partial charge in [-0.05, 0) is 40.7 Å². The molecule has 0 atom stereocenters. The first-order valence-electron chi connectivity index (χ1n) is 9.87. The van der Waals surface area contributed by atoms with Crippen LogP contribution in [-0.4, -0.2) is 18.4 Å². The number of hydrogen-bond donors (Lipinski definition) is 1. The van der Waals surface area contributed by atoms with Crippen LogP contribution in [0.2, 0.25) is 0 Å². The number of benzene rings is 2. The number of anilines is 2. The number of hydrogen-bond acceptors (Lipinski definition) is 2. The number of carbonyl (C=O) groups excluding carboxylic acids is 2. The molecule has 0 fully saturated rings. The Hall–Kier alpha value is -2.62. The third-order valence-corrected chi connectivity index (χ3v) is 4.84. The molecular weight excluding hydrogens is 348 g/mol.